The van der Waals surface area contributed by atoms with Crippen LogP contribution in [-0.2, 0) is 12.8 Å². The van der Waals surface area contributed by atoms with Crippen LogP contribution >= 0.6 is 12.2 Å². The third kappa shape index (κ3) is 3.02. The van der Waals surface area contributed by atoms with Crippen LogP contribution in [0.1, 0.15) is 11.1 Å². The first-order valence-electron chi connectivity index (χ1n) is 9.16. The minimum Gasteiger partial charge on any atom is -0.456 e. The quantitative estimate of drug-likeness (QED) is 0.321. The van der Waals surface area contributed by atoms with Gasteiger partial charge in [0, 0.05) is 28.5 Å². The fourth-order valence-electron chi connectivity index (χ4n) is 3.83. The fourth-order valence-corrected chi connectivity index (χ4v) is 4.15. The van der Waals surface area contributed by atoms with Crippen molar-refractivity contribution in [2.75, 3.05) is 0 Å². The molecule has 0 unspecified atom stereocenters. The molecule has 0 spiro atoms. The normalized spacial score (nSPS) is 11.4. The number of thiocarbonyl (C=S) groups is 1. The molecule has 1 nitrogen and oxygen atoms in total. The molecule has 1 heterocycles. The Balaban J connectivity index is 1.42. The second-order valence-corrected chi connectivity index (χ2v) is 7.54. The molecule has 0 saturated carbocycles. The van der Waals surface area contributed by atoms with Gasteiger partial charge in [-0.1, -0.05) is 85.0 Å². The maximum atomic E-state index is 6.01. The van der Waals surface area contributed by atoms with Gasteiger partial charge in [-0.25, -0.2) is 0 Å². The predicted molar refractivity (Wildman–Crippen MR) is 118 cm³/mol. The van der Waals surface area contributed by atoms with Crippen LogP contribution in [0.5, 0.6) is 0 Å². The van der Waals surface area contributed by atoms with Crippen molar-refractivity contribution in [3.63, 3.8) is 0 Å². The van der Waals surface area contributed by atoms with E-state index in [-0.39, 0.29) is 0 Å². The van der Waals surface area contributed by atoms with Crippen molar-refractivity contribution in [3.8, 4) is 0 Å². The number of hydrogen-bond acceptors (Lipinski definition) is 2. The highest BCUT2D eigenvalue weighted by Gasteiger charge is 2.09. The van der Waals surface area contributed by atoms with Gasteiger partial charge in [0.2, 0.25) is 0 Å². The molecule has 0 aliphatic rings. The van der Waals surface area contributed by atoms with Crippen LogP contribution in [0.15, 0.2) is 89.3 Å². The van der Waals surface area contributed by atoms with Gasteiger partial charge in [0.15, 0.2) is 0 Å². The summed E-state index contributed by atoms with van der Waals surface area (Å²) in [4.78, 5) is 1.04. The molecule has 0 N–H and O–H groups in total. The highest BCUT2D eigenvalue weighted by molar-refractivity contribution is 7.80. The van der Waals surface area contributed by atoms with Gasteiger partial charge in [-0.15, -0.1) is 0 Å². The second-order valence-electron chi connectivity index (χ2n) is 6.96. The van der Waals surface area contributed by atoms with E-state index in [1.54, 1.807) is 0 Å². The highest BCUT2D eigenvalue weighted by Crippen LogP contribution is 2.29. The van der Waals surface area contributed by atoms with Crippen molar-refractivity contribution in [3.05, 3.63) is 96.1 Å². The minimum absolute atomic E-state index is 0.783. The maximum Gasteiger partial charge on any atom is 0.135 e. The summed E-state index contributed by atoms with van der Waals surface area (Å²) in [6.07, 6.45) is 1.60. The average Bonchev–Trinajstić information content (AvgIpc) is 3.06. The Hall–Kier alpha value is -2.97. The minimum atomic E-state index is 0.783. The fraction of sp³-hybridized carbons (Fsp3) is 0.0800. The molecule has 5 rings (SSSR count). The number of rotatable bonds is 4. The summed E-state index contributed by atoms with van der Waals surface area (Å²) in [5.74, 6) is 0. The summed E-state index contributed by atoms with van der Waals surface area (Å²) in [5.41, 5.74) is 4.36. The lowest BCUT2D eigenvalue weighted by molar-refractivity contribution is 0.668. The molecule has 0 atom stereocenters. The van der Waals surface area contributed by atoms with Crippen LogP contribution in [0, 0.1) is 0 Å². The molecule has 0 saturated heterocycles. The molecular weight excluding hydrogens is 348 g/mol. The molecule has 0 amide bonds. The van der Waals surface area contributed by atoms with Crippen molar-refractivity contribution in [2.45, 2.75) is 12.8 Å². The Kier molecular flexibility index (Phi) is 3.99. The summed E-state index contributed by atoms with van der Waals surface area (Å²) in [6, 6.07) is 29.5. The zero-order chi connectivity index (χ0) is 18.2. The Morgan fingerprint density at radius 3 is 2.33 bits per heavy atom. The van der Waals surface area contributed by atoms with Crippen LogP contribution in [0.3, 0.4) is 0 Å². The average molecular weight is 366 g/mol. The SMILES string of the molecule is S=C(Cc1ccc2c(c1)oc1ccccc12)Cc1cccc2ccccc12. The van der Waals surface area contributed by atoms with Crippen molar-refractivity contribution in [1.29, 1.82) is 0 Å². The van der Waals surface area contributed by atoms with E-state index in [4.69, 9.17) is 16.6 Å². The van der Waals surface area contributed by atoms with Crippen molar-refractivity contribution < 1.29 is 4.42 Å². The summed E-state index contributed by atoms with van der Waals surface area (Å²) in [6.45, 7) is 0. The number of para-hydroxylation sites is 1. The van der Waals surface area contributed by atoms with E-state index in [0.29, 0.717) is 0 Å². The van der Waals surface area contributed by atoms with Gasteiger partial charge in [-0.2, -0.15) is 0 Å². The van der Waals surface area contributed by atoms with Crippen molar-refractivity contribution in [1.82, 2.24) is 0 Å². The van der Waals surface area contributed by atoms with Crippen LogP contribution in [0.2, 0.25) is 0 Å². The van der Waals surface area contributed by atoms with Crippen LogP contribution in [0.4, 0.5) is 0 Å². The Morgan fingerprint density at radius 1 is 0.667 bits per heavy atom. The molecule has 0 bridgehead atoms. The number of hydrogen-bond donors (Lipinski definition) is 0. The molecule has 2 heteroatoms. The van der Waals surface area contributed by atoms with E-state index in [9.17, 15) is 0 Å². The zero-order valence-corrected chi connectivity index (χ0v) is 15.6. The van der Waals surface area contributed by atoms with E-state index in [0.717, 1.165) is 39.6 Å². The second kappa shape index (κ2) is 6.64. The standard InChI is InChI=1S/C25H18OS/c27-20(16-19-8-5-7-18-6-1-2-9-21(18)19)14-17-12-13-23-22-10-3-4-11-24(22)26-25(23)15-17/h1-13,15H,14,16H2. The molecule has 1 aromatic heterocycles. The van der Waals surface area contributed by atoms with E-state index < -0.39 is 0 Å². The van der Waals surface area contributed by atoms with E-state index in [2.05, 4.69) is 66.7 Å². The molecule has 0 aliphatic carbocycles. The van der Waals surface area contributed by atoms with Gasteiger partial charge >= 0.3 is 0 Å². The molecule has 27 heavy (non-hydrogen) atoms. The van der Waals surface area contributed by atoms with Crippen molar-refractivity contribution in [2.24, 2.45) is 0 Å². The summed E-state index contributed by atoms with van der Waals surface area (Å²) in [5, 5.41) is 4.88. The molecule has 130 valence electrons. The smallest absolute Gasteiger partial charge is 0.135 e. The number of furan rings is 1. The van der Waals surface area contributed by atoms with Crippen LogP contribution in [0.25, 0.3) is 32.7 Å². The Labute approximate surface area is 163 Å². The lowest BCUT2D eigenvalue weighted by Crippen LogP contribution is -2.04. The highest BCUT2D eigenvalue weighted by atomic mass is 32.1. The van der Waals surface area contributed by atoms with Crippen LogP contribution < -0.4 is 0 Å². The van der Waals surface area contributed by atoms with Gasteiger partial charge in [-0.05, 0) is 34.0 Å². The first-order chi connectivity index (χ1) is 13.3. The monoisotopic (exact) mass is 366 g/mol. The van der Waals surface area contributed by atoms with Gasteiger partial charge < -0.3 is 4.42 Å². The number of fused-ring (bicyclic) bond motifs is 4. The van der Waals surface area contributed by atoms with Gasteiger partial charge in [0.1, 0.15) is 11.2 Å². The lowest BCUT2D eigenvalue weighted by atomic mass is 9.98. The van der Waals surface area contributed by atoms with Gasteiger partial charge in [-0.3, -0.25) is 0 Å². The van der Waals surface area contributed by atoms with E-state index in [1.165, 1.54) is 21.9 Å². The largest absolute Gasteiger partial charge is 0.456 e. The first kappa shape index (κ1) is 16.2. The predicted octanol–water partition coefficient (Wildman–Crippen LogP) is 6.89. The van der Waals surface area contributed by atoms with E-state index in [1.807, 2.05) is 18.2 Å². The van der Waals surface area contributed by atoms with E-state index >= 15 is 0 Å². The third-order valence-corrected chi connectivity index (χ3v) is 5.40. The molecular formula is C25H18OS. The first-order valence-corrected chi connectivity index (χ1v) is 9.57. The molecule has 0 radical (unpaired) electrons. The Bertz CT molecular complexity index is 1290. The summed E-state index contributed by atoms with van der Waals surface area (Å²) in [7, 11) is 0. The molecule has 0 fully saturated rings. The summed E-state index contributed by atoms with van der Waals surface area (Å²) < 4.78 is 6.01. The van der Waals surface area contributed by atoms with Crippen molar-refractivity contribution >= 4 is 49.8 Å². The number of benzene rings is 4. The maximum absolute atomic E-state index is 6.01. The Morgan fingerprint density at radius 2 is 1.41 bits per heavy atom. The van der Waals surface area contributed by atoms with Gasteiger partial charge in [0.05, 0.1) is 0 Å². The molecule has 4 aromatic carbocycles. The molecule has 5 aromatic rings. The van der Waals surface area contributed by atoms with Gasteiger partial charge in [0.25, 0.3) is 0 Å². The third-order valence-electron chi connectivity index (χ3n) is 5.11. The zero-order valence-electron chi connectivity index (χ0n) is 14.8. The molecule has 0 aliphatic heterocycles. The summed E-state index contributed by atoms with van der Waals surface area (Å²) >= 11 is 5.74. The van der Waals surface area contributed by atoms with Crippen LogP contribution in [-0.4, -0.2) is 4.86 Å². The lowest BCUT2D eigenvalue weighted by Gasteiger charge is -2.08. The topological polar surface area (TPSA) is 13.1 Å².